The van der Waals surface area contributed by atoms with Crippen LogP contribution in [0.1, 0.15) is 24.1 Å². The number of amidine groups is 1. The molecule has 0 radical (unpaired) electrons. The highest BCUT2D eigenvalue weighted by molar-refractivity contribution is 5.96. The van der Waals surface area contributed by atoms with Gasteiger partial charge in [0.05, 0.1) is 6.10 Å². The molecular formula is C12H18N4O2. The summed E-state index contributed by atoms with van der Waals surface area (Å²) in [6.07, 6.45) is 4.16. The van der Waals surface area contributed by atoms with Gasteiger partial charge in [0.15, 0.2) is 5.84 Å². The maximum Gasteiger partial charge on any atom is 0.189 e. The molecule has 1 aliphatic rings. The van der Waals surface area contributed by atoms with E-state index < -0.39 is 0 Å². The van der Waals surface area contributed by atoms with Gasteiger partial charge in [-0.25, -0.2) is 0 Å². The number of ether oxygens (including phenoxy) is 1. The SMILES string of the molecule is NC(=NO)c1ncccc1CNCC1CCCO1. The largest absolute Gasteiger partial charge is 0.409 e. The highest BCUT2D eigenvalue weighted by Gasteiger charge is 2.15. The van der Waals surface area contributed by atoms with E-state index in [-0.39, 0.29) is 5.84 Å². The minimum Gasteiger partial charge on any atom is -0.409 e. The highest BCUT2D eigenvalue weighted by atomic mass is 16.5. The van der Waals surface area contributed by atoms with Gasteiger partial charge >= 0.3 is 0 Å². The van der Waals surface area contributed by atoms with Crippen LogP contribution in [0.5, 0.6) is 0 Å². The zero-order valence-corrected chi connectivity index (χ0v) is 10.2. The van der Waals surface area contributed by atoms with E-state index in [0.29, 0.717) is 18.3 Å². The van der Waals surface area contributed by atoms with Crippen molar-refractivity contribution in [3.05, 3.63) is 29.6 Å². The standard InChI is InChI=1S/C12H18N4O2/c13-12(16-17)11-9(3-1-5-15-11)7-14-8-10-4-2-6-18-10/h1,3,5,10,14,17H,2,4,6-8H2,(H2,13,16). The van der Waals surface area contributed by atoms with E-state index in [1.807, 2.05) is 12.1 Å². The quantitative estimate of drug-likeness (QED) is 0.305. The van der Waals surface area contributed by atoms with Gasteiger partial charge in [0.1, 0.15) is 5.69 Å². The topological polar surface area (TPSA) is 92.8 Å². The maximum absolute atomic E-state index is 8.69. The van der Waals surface area contributed by atoms with Crippen molar-refractivity contribution in [1.29, 1.82) is 0 Å². The first-order valence-electron chi connectivity index (χ1n) is 6.05. The van der Waals surface area contributed by atoms with Gasteiger partial charge in [0.25, 0.3) is 0 Å². The number of nitrogens with zero attached hydrogens (tertiary/aromatic N) is 2. The first-order chi connectivity index (χ1) is 8.81. The van der Waals surface area contributed by atoms with Gasteiger partial charge in [-0.3, -0.25) is 4.98 Å². The Labute approximate surface area is 106 Å². The van der Waals surface area contributed by atoms with Crippen LogP contribution in [0.25, 0.3) is 0 Å². The maximum atomic E-state index is 8.69. The Kier molecular flexibility index (Phi) is 4.49. The number of pyridine rings is 1. The molecule has 0 amide bonds. The Hall–Kier alpha value is -1.66. The first kappa shape index (κ1) is 12.8. The van der Waals surface area contributed by atoms with Gasteiger partial charge in [0, 0.05) is 25.9 Å². The van der Waals surface area contributed by atoms with Crippen molar-refractivity contribution in [1.82, 2.24) is 10.3 Å². The lowest BCUT2D eigenvalue weighted by molar-refractivity contribution is 0.110. The van der Waals surface area contributed by atoms with Crippen LogP contribution >= 0.6 is 0 Å². The van der Waals surface area contributed by atoms with Crippen molar-refractivity contribution in [3.63, 3.8) is 0 Å². The van der Waals surface area contributed by atoms with E-state index in [2.05, 4.69) is 15.5 Å². The Morgan fingerprint density at radius 2 is 2.56 bits per heavy atom. The van der Waals surface area contributed by atoms with E-state index in [9.17, 15) is 0 Å². The molecule has 1 aliphatic heterocycles. The molecule has 0 bridgehead atoms. The molecule has 1 aromatic rings. The number of nitrogens with one attached hydrogen (secondary N) is 1. The van der Waals surface area contributed by atoms with Gasteiger partial charge in [-0.15, -0.1) is 0 Å². The van der Waals surface area contributed by atoms with Gasteiger partial charge in [-0.05, 0) is 24.5 Å². The average Bonchev–Trinajstić information content (AvgIpc) is 2.92. The summed E-state index contributed by atoms with van der Waals surface area (Å²) in [5.41, 5.74) is 7.00. The number of oxime groups is 1. The molecule has 98 valence electrons. The third-order valence-corrected chi connectivity index (χ3v) is 2.95. The predicted molar refractivity (Wildman–Crippen MR) is 67.4 cm³/mol. The van der Waals surface area contributed by atoms with Crippen molar-refractivity contribution in [3.8, 4) is 0 Å². The fourth-order valence-corrected chi connectivity index (χ4v) is 2.03. The zero-order chi connectivity index (χ0) is 12.8. The highest BCUT2D eigenvalue weighted by Crippen LogP contribution is 2.11. The lowest BCUT2D eigenvalue weighted by atomic mass is 10.1. The summed E-state index contributed by atoms with van der Waals surface area (Å²) < 4.78 is 5.52. The summed E-state index contributed by atoms with van der Waals surface area (Å²) in [6.45, 7) is 2.29. The van der Waals surface area contributed by atoms with Crippen LogP contribution in [-0.4, -0.2) is 35.3 Å². The summed E-state index contributed by atoms with van der Waals surface area (Å²) in [4.78, 5) is 4.11. The van der Waals surface area contributed by atoms with Crippen LogP contribution in [0.2, 0.25) is 0 Å². The molecule has 2 heterocycles. The number of hydrogen-bond donors (Lipinski definition) is 3. The van der Waals surface area contributed by atoms with Crippen molar-refractivity contribution >= 4 is 5.84 Å². The normalized spacial score (nSPS) is 20.2. The molecule has 1 fully saturated rings. The number of nitrogens with two attached hydrogens (primary N) is 1. The minimum absolute atomic E-state index is 0.0320. The smallest absolute Gasteiger partial charge is 0.189 e. The van der Waals surface area contributed by atoms with Crippen LogP contribution < -0.4 is 11.1 Å². The lowest BCUT2D eigenvalue weighted by Gasteiger charge is -2.12. The molecule has 0 spiro atoms. The number of hydrogen-bond acceptors (Lipinski definition) is 5. The Balaban J connectivity index is 1.92. The molecule has 0 aliphatic carbocycles. The molecule has 1 unspecified atom stereocenters. The summed E-state index contributed by atoms with van der Waals surface area (Å²) in [7, 11) is 0. The van der Waals surface area contributed by atoms with Crippen LogP contribution in [0.4, 0.5) is 0 Å². The fourth-order valence-electron chi connectivity index (χ4n) is 2.03. The van der Waals surface area contributed by atoms with E-state index in [1.165, 1.54) is 0 Å². The molecule has 0 aromatic carbocycles. The second-order valence-corrected chi connectivity index (χ2v) is 4.26. The van der Waals surface area contributed by atoms with Crippen molar-refractivity contribution < 1.29 is 9.94 Å². The van der Waals surface area contributed by atoms with E-state index in [4.69, 9.17) is 15.7 Å². The molecular weight excluding hydrogens is 232 g/mol. The molecule has 2 rings (SSSR count). The van der Waals surface area contributed by atoms with Gasteiger partial charge < -0.3 is 21.0 Å². The Morgan fingerprint density at radius 1 is 1.67 bits per heavy atom. The molecule has 18 heavy (non-hydrogen) atoms. The van der Waals surface area contributed by atoms with Crippen molar-refractivity contribution in [2.75, 3.05) is 13.2 Å². The second-order valence-electron chi connectivity index (χ2n) is 4.26. The molecule has 6 nitrogen and oxygen atoms in total. The molecule has 1 atom stereocenters. The summed E-state index contributed by atoms with van der Waals surface area (Å²) in [6, 6.07) is 3.74. The monoisotopic (exact) mass is 250 g/mol. The van der Waals surface area contributed by atoms with Crippen LogP contribution in [0.15, 0.2) is 23.5 Å². The van der Waals surface area contributed by atoms with E-state index >= 15 is 0 Å². The van der Waals surface area contributed by atoms with Gasteiger partial charge in [-0.1, -0.05) is 11.2 Å². The second kappa shape index (κ2) is 6.32. The molecule has 6 heteroatoms. The molecule has 1 aromatic heterocycles. The third-order valence-electron chi connectivity index (χ3n) is 2.95. The van der Waals surface area contributed by atoms with E-state index in [1.54, 1.807) is 6.20 Å². The predicted octanol–water partition coefficient (Wildman–Crippen LogP) is 0.445. The third kappa shape index (κ3) is 3.18. The average molecular weight is 250 g/mol. The van der Waals surface area contributed by atoms with Crippen LogP contribution in [0, 0.1) is 0 Å². The van der Waals surface area contributed by atoms with Gasteiger partial charge in [-0.2, -0.15) is 0 Å². The van der Waals surface area contributed by atoms with Crippen molar-refractivity contribution in [2.24, 2.45) is 10.9 Å². The lowest BCUT2D eigenvalue weighted by Crippen LogP contribution is -2.27. The number of rotatable bonds is 5. The van der Waals surface area contributed by atoms with Gasteiger partial charge in [0.2, 0.25) is 0 Å². The minimum atomic E-state index is 0.0320. The van der Waals surface area contributed by atoms with E-state index in [0.717, 1.165) is 31.6 Å². The molecule has 1 saturated heterocycles. The van der Waals surface area contributed by atoms with Crippen molar-refractivity contribution in [2.45, 2.75) is 25.5 Å². The summed E-state index contributed by atoms with van der Waals surface area (Å²) in [5, 5.41) is 15.0. The Morgan fingerprint density at radius 3 is 3.28 bits per heavy atom. The zero-order valence-electron chi connectivity index (χ0n) is 10.2. The Bertz CT molecular complexity index is 416. The summed E-state index contributed by atoms with van der Waals surface area (Å²) in [5.74, 6) is 0.0320. The number of aromatic nitrogens is 1. The summed E-state index contributed by atoms with van der Waals surface area (Å²) >= 11 is 0. The molecule has 0 saturated carbocycles. The first-order valence-corrected chi connectivity index (χ1v) is 6.05. The van der Waals surface area contributed by atoms with Crippen LogP contribution in [-0.2, 0) is 11.3 Å². The molecule has 4 N–H and O–H groups in total. The fraction of sp³-hybridized carbons (Fsp3) is 0.500. The van der Waals surface area contributed by atoms with Crippen LogP contribution in [0.3, 0.4) is 0 Å².